The zero-order chi connectivity index (χ0) is 20.8. The molecule has 0 aliphatic rings. The molecule has 1 aromatic heterocycles. The van der Waals surface area contributed by atoms with Gasteiger partial charge in [0.2, 0.25) is 5.91 Å². The van der Waals surface area contributed by atoms with Crippen molar-refractivity contribution in [2.45, 2.75) is 26.7 Å². The number of halogens is 2. The van der Waals surface area contributed by atoms with E-state index in [4.69, 9.17) is 27.9 Å². The molecular formula is C19H20Cl2N2O4S. The van der Waals surface area contributed by atoms with Crippen LogP contribution in [0.4, 0.5) is 5.00 Å². The van der Waals surface area contributed by atoms with Gasteiger partial charge in [-0.2, -0.15) is 0 Å². The Labute approximate surface area is 177 Å². The molecule has 0 aliphatic heterocycles. The van der Waals surface area contributed by atoms with Gasteiger partial charge in [0, 0.05) is 23.5 Å². The minimum Gasteiger partial charge on any atom is -0.462 e. The third kappa shape index (κ3) is 5.25. The standard InChI is InChI=1S/C19H20Cl2N2O4S/c1-4-27-19(26)15-10(2)16(17(25)22-3)28-18(15)23-14(24)8-6-11-5-7-12(20)9-13(11)21/h5,7,9H,4,6,8H2,1-3H3,(H,22,25)(H,23,24). The molecule has 0 fully saturated rings. The third-order valence-electron chi connectivity index (χ3n) is 3.95. The quantitative estimate of drug-likeness (QED) is 0.619. The molecule has 9 heteroatoms. The van der Waals surface area contributed by atoms with Gasteiger partial charge < -0.3 is 15.4 Å². The van der Waals surface area contributed by atoms with Crippen molar-refractivity contribution in [2.24, 2.45) is 0 Å². The van der Waals surface area contributed by atoms with Crippen molar-refractivity contribution in [3.8, 4) is 0 Å². The number of rotatable bonds is 7. The fourth-order valence-corrected chi connectivity index (χ4v) is 4.20. The second-order valence-electron chi connectivity index (χ2n) is 5.84. The van der Waals surface area contributed by atoms with Gasteiger partial charge in [0.05, 0.1) is 17.0 Å². The molecule has 0 spiro atoms. The molecule has 1 heterocycles. The lowest BCUT2D eigenvalue weighted by Crippen LogP contribution is -2.18. The van der Waals surface area contributed by atoms with Crippen LogP contribution in [0.1, 0.15) is 44.5 Å². The second-order valence-corrected chi connectivity index (χ2v) is 7.71. The number of nitrogens with one attached hydrogen (secondary N) is 2. The highest BCUT2D eigenvalue weighted by atomic mass is 35.5. The van der Waals surface area contributed by atoms with Gasteiger partial charge in [-0.25, -0.2) is 4.79 Å². The molecule has 2 N–H and O–H groups in total. The monoisotopic (exact) mass is 442 g/mol. The minimum absolute atomic E-state index is 0.149. The molecular weight excluding hydrogens is 423 g/mol. The summed E-state index contributed by atoms with van der Waals surface area (Å²) < 4.78 is 5.07. The number of hydrogen-bond acceptors (Lipinski definition) is 5. The number of hydrogen-bond donors (Lipinski definition) is 2. The van der Waals surface area contributed by atoms with Crippen molar-refractivity contribution in [1.82, 2.24) is 5.32 Å². The summed E-state index contributed by atoms with van der Waals surface area (Å²) in [6.45, 7) is 3.52. The van der Waals surface area contributed by atoms with Crippen LogP contribution in [0.5, 0.6) is 0 Å². The number of carbonyl (C=O) groups excluding carboxylic acids is 3. The molecule has 0 bridgehead atoms. The molecule has 0 aliphatic carbocycles. The van der Waals surface area contributed by atoms with Crippen LogP contribution in [0.3, 0.4) is 0 Å². The zero-order valence-corrected chi connectivity index (χ0v) is 18.0. The molecule has 150 valence electrons. The molecule has 0 unspecified atom stereocenters. The average Bonchev–Trinajstić information content (AvgIpc) is 2.96. The van der Waals surface area contributed by atoms with Crippen LogP contribution in [0.2, 0.25) is 10.0 Å². The summed E-state index contributed by atoms with van der Waals surface area (Å²) in [5, 5.41) is 6.55. The number of carbonyl (C=O) groups is 3. The van der Waals surface area contributed by atoms with Crippen LogP contribution in [0.25, 0.3) is 0 Å². The largest absolute Gasteiger partial charge is 0.462 e. The van der Waals surface area contributed by atoms with E-state index in [2.05, 4.69) is 10.6 Å². The SMILES string of the molecule is CCOC(=O)c1c(NC(=O)CCc2ccc(Cl)cc2Cl)sc(C(=O)NC)c1C. The van der Waals surface area contributed by atoms with Crippen molar-refractivity contribution < 1.29 is 19.1 Å². The maximum Gasteiger partial charge on any atom is 0.341 e. The van der Waals surface area contributed by atoms with Crippen LogP contribution in [0, 0.1) is 6.92 Å². The van der Waals surface area contributed by atoms with Gasteiger partial charge in [-0.15, -0.1) is 11.3 Å². The van der Waals surface area contributed by atoms with Gasteiger partial charge in [-0.3, -0.25) is 9.59 Å². The Morgan fingerprint density at radius 1 is 1.21 bits per heavy atom. The van der Waals surface area contributed by atoms with Crippen molar-refractivity contribution in [3.63, 3.8) is 0 Å². The van der Waals surface area contributed by atoms with E-state index in [-0.39, 0.29) is 30.4 Å². The van der Waals surface area contributed by atoms with E-state index in [0.717, 1.165) is 16.9 Å². The predicted molar refractivity (Wildman–Crippen MR) is 112 cm³/mol. The second kappa shape index (κ2) is 9.91. The van der Waals surface area contributed by atoms with E-state index in [1.54, 1.807) is 32.0 Å². The summed E-state index contributed by atoms with van der Waals surface area (Å²) in [6.07, 6.45) is 0.555. The highest BCUT2D eigenvalue weighted by Crippen LogP contribution is 2.34. The summed E-state index contributed by atoms with van der Waals surface area (Å²) >= 11 is 13.0. The van der Waals surface area contributed by atoms with Crippen molar-refractivity contribution in [2.75, 3.05) is 19.0 Å². The lowest BCUT2D eigenvalue weighted by molar-refractivity contribution is -0.116. The topological polar surface area (TPSA) is 84.5 Å². The zero-order valence-electron chi connectivity index (χ0n) is 15.7. The first-order chi connectivity index (χ1) is 13.3. The van der Waals surface area contributed by atoms with E-state index in [0.29, 0.717) is 31.9 Å². The summed E-state index contributed by atoms with van der Waals surface area (Å²) in [4.78, 5) is 37.1. The van der Waals surface area contributed by atoms with E-state index >= 15 is 0 Å². The first-order valence-electron chi connectivity index (χ1n) is 8.54. The number of amides is 2. The Kier molecular flexibility index (Phi) is 7.86. The Balaban J connectivity index is 2.20. The van der Waals surface area contributed by atoms with Crippen molar-refractivity contribution >= 4 is 57.3 Å². The van der Waals surface area contributed by atoms with Crippen LogP contribution < -0.4 is 10.6 Å². The number of thiophene rings is 1. The molecule has 0 saturated heterocycles. The van der Waals surface area contributed by atoms with E-state index in [1.165, 1.54) is 7.05 Å². The van der Waals surface area contributed by atoms with E-state index in [9.17, 15) is 14.4 Å². The number of anilines is 1. The fourth-order valence-electron chi connectivity index (χ4n) is 2.54. The van der Waals surface area contributed by atoms with Crippen LogP contribution in [-0.4, -0.2) is 31.4 Å². The maximum absolute atomic E-state index is 12.4. The van der Waals surface area contributed by atoms with Crippen LogP contribution >= 0.6 is 34.5 Å². The highest BCUT2D eigenvalue weighted by Gasteiger charge is 2.26. The van der Waals surface area contributed by atoms with Gasteiger partial charge in [0.25, 0.3) is 5.91 Å². The molecule has 6 nitrogen and oxygen atoms in total. The molecule has 0 atom stereocenters. The summed E-state index contributed by atoms with van der Waals surface area (Å²) in [5.74, 6) is -1.22. The third-order valence-corrected chi connectivity index (χ3v) is 5.74. The summed E-state index contributed by atoms with van der Waals surface area (Å²) in [5.41, 5.74) is 1.46. The van der Waals surface area contributed by atoms with Crippen molar-refractivity contribution in [1.29, 1.82) is 0 Å². The first-order valence-corrected chi connectivity index (χ1v) is 10.1. The Bertz CT molecular complexity index is 912. The molecule has 1 aromatic carbocycles. The normalized spacial score (nSPS) is 10.5. The number of aryl methyl sites for hydroxylation is 1. The molecule has 2 aromatic rings. The van der Waals surface area contributed by atoms with Gasteiger partial charge >= 0.3 is 5.97 Å². The molecule has 28 heavy (non-hydrogen) atoms. The van der Waals surface area contributed by atoms with Gasteiger partial charge in [-0.05, 0) is 43.5 Å². The van der Waals surface area contributed by atoms with E-state index < -0.39 is 5.97 Å². The first kappa shape index (κ1) is 22.2. The molecule has 2 amide bonds. The number of esters is 1. The van der Waals surface area contributed by atoms with Gasteiger partial charge in [-0.1, -0.05) is 29.3 Å². The minimum atomic E-state index is -0.581. The highest BCUT2D eigenvalue weighted by molar-refractivity contribution is 7.18. The number of ether oxygens (including phenoxy) is 1. The summed E-state index contributed by atoms with van der Waals surface area (Å²) in [7, 11) is 1.50. The lowest BCUT2D eigenvalue weighted by atomic mass is 10.1. The Morgan fingerprint density at radius 2 is 1.93 bits per heavy atom. The van der Waals surface area contributed by atoms with Gasteiger partial charge in [0.1, 0.15) is 5.00 Å². The number of benzene rings is 1. The predicted octanol–water partition coefficient (Wildman–Crippen LogP) is 4.47. The van der Waals surface area contributed by atoms with Crippen LogP contribution in [0.15, 0.2) is 18.2 Å². The lowest BCUT2D eigenvalue weighted by Gasteiger charge is -2.08. The van der Waals surface area contributed by atoms with E-state index in [1.807, 2.05) is 0 Å². The molecule has 0 saturated carbocycles. The Morgan fingerprint density at radius 3 is 2.54 bits per heavy atom. The van der Waals surface area contributed by atoms with Crippen LogP contribution in [-0.2, 0) is 16.0 Å². The Hall–Kier alpha value is -2.09. The molecule has 0 radical (unpaired) electrons. The van der Waals surface area contributed by atoms with Gasteiger partial charge in [0.15, 0.2) is 0 Å². The van der Waals surface area contributed by atoms with Crippen molar-refractivity contribution in [3.05, 3.63) is 49.8 Å². The average molecular weight is 443 g/mol. The molecule has 2 rings (SSSR count). The summed E-state index contributed by atoms with van der Waals surface area (Å²) in [6, 6.07) is 5.09. The maximum atomic E-state index is 12.4. The smallest absolute Gasteiger partial charge is 0.341 e. The fraction of sp³-hybridized carbons (Fsp3) is 0.316.